The normalized spacial score (nSPS) is 10.6. The Labute approximate surface area is 193 Å². The van der Waals surface area contributed by atoms with E-state index < -0.39 is 0 Å². The van der Waals surface area contributed by atoms with E-state index in [4.69, 9.17) is 0 Å². The number of aryl methyl sites for hydroxylation is 4. The first-order valence-electron chi connectivity index (χ1n) is 10.9. The molecule has 0 aliphatic carbocycles. The van der Waals surface area contributed by atoms with Crippen LogP contribution in [0.4, 0.5) is 4.39 Å². The van der Waals surface area contributed by atoms with Crippen molar-refractivity contribution in [3.8, 4) is 0 Å². The molecule has 0 amide bonds. The van der Waals surface area contributed by atoms with Crippen LogP contribution in [0.1, 0.15) is 49.9 Å². The van der Waals surface area contributed by atoms with E-state index in [-0.39, 0.29) is 5.82 Å². The quantitative estimate of drug-likeness (QED) is 0.444. The Morgan fingerprint density at radius 3 is 2.12 bits per heavy atom. The SMILES string of the molecule is C=CC.C=c1[nH]nc/c1=C(C)/C=C\C.CCc1cccc(C)c1.Cc1ccc(F)cc1C. The fourth-order valence-corrected chi connectivity index (χ4v) is 2.63. The predicted octanol–water partition coefficient (Wildman–Crippen LogP) is 6.76. The van der Waals surface area contributed by atoms with Crippen LogP contribution in [0.3, 0.4) is 0 Å². The molecule has 1 heterocycles. The molecular weight excluding hydrogens is 395 g/mol. The van der Waals surface area contributed by atoms with Crippen molar-refractivity contribution in [3.05, 3.63) is 112 Å². The maximum Gasteiger partial charge on any atom is 0.123 e. The third-order valence-corrected chi connectivity index (χ3v) is 4.52. The van der Waals surface area contributed by atoms with Crippen LogP contribution in [0.2, 0.25) is 0 Å². The molecular formula is C29H39FN2. The third kappa shape index (κ3) is 11.8. The largest absolute Gasteiger partial charge is 0.278 e. The van der Waals surface area contributed by atoms with Crippen LogP contribution in [0.25, 0.3) is 12.2 Å². The minimum absolute atomic E-state index is 0.155. The van der Waals surface area contributed by atoms with Crippen LogP contribution in [0, 0.1) is 26.6 Å². The molecule has 3 heteroatoms. The van der Waals surface area contributed by atoms with Gasteiger partial charge in [0.05, 0.1) is 11.5 Å². The van der Waals surface area contributed by atoms with Crippen molar-refractivity contribution in [2.24, 2.45) is 0 Å². The van der Waals surface area contributed by atoms with Gasteiger partial charge < -0.3 is 0 Å². The molecule has 0 aliphatic heterocycles. The average Bonchev–Trinajstić information content (AvgIpc) is 3.19. The molecule has 32 heavy (non-hydrogen) atoms. The number of nitrogens with one attached hydrogen (secondary N) is 1. The maximum atomic E-state index is 12.3. The zero-order valence-electron chi connectivity index (χ0n) is 20.8. The summed E-state index contributed by atoms with van der Waals surface area (Å²) in [6, 6.07) is 13.4. The number of hydrogen-bond donors (Lipinski definition) is 1. The zero-order chi connectivity index (χ0) is 24.5. The van der Waals surface area contributed by atoms with Crippen molar-refractivity contribution in [2.45, 2.75) is 54.9 Å². The lowest BCUT2D eigenvalue weighted by atomic mass is 10.1. The number of aromatic amines is 1. The van der Waals surface area contributed by atoms with Crippen molar-refractivity contribution in [3.63, 3.8) is 0 Å². The van der Waals surface area contributed by atoms with Crippen molar-refractivity contribution in [2.75, 3.05) is 0 Å². The summed E-state index contributed by atoms with van der Waals surface area (Å²) in [4.78, 5) is 0. The van der Waals surface area contributed by atoms with Crippen LogP contribution < -0.4 is 10.6 Å². The van der Waals surface area contributed by atoms with E-state index in [1.165, 1.54) is 28.8 Å². The first-order chi connectivity index (χ1) is 15.2. The van der Waals surface area contributed by atoms with Gasteiger partial charge in [-0.1, -0.05) is 67.6 Å². The second kappa shape index (κ2) is 16.5. The second-order valence-electron chi connectivity index (χ2n) is 7.42. The van der Waals surface area contributed by atoms with Crippen molar-refractivity contribution >= 4 is 12.2 Å². The topological polar surface area (TPSA) is 28.7 Å². The highest BCUT2D eigenvalue weighted by Gasteiger charge is 1.92. The van der Waals surface area contributed by atoms with Crippen LogP contribution in [0.15, 0.2) is 73.5 Å². The highest BCUT2D eigenvalue weighted by Crippen LogP contribution is 2.07. The maximum absolute atomic E-state index is 12.3. The van der Waals surface area contributed by atoms with Crippen LogP contribution >= 0.6 is 0 Å². The van der Waals surface area contributed by atoms with Gasteiger partial charge in [-0.15, -0.1) is 6.58 Å². The molecule has 1 aromatic heterocycles. The molecule has 0 bridgehead atoms. The van der Waals surface area contributed by atoms with E-state index >= 15 is 0 Å². The summed E-state index contributed by atoms with van der Waals surface area (Å²) in [5, 5.41) is 8.64. The number of hydrogen-bond acceptors (Lipinski definition) is 1. The molecule has 3 aromatic rings. The number of rotatable bonds is 2. The molecule has 0 saturated carbocycles. The van der Waals surface area contributed by atoms with Gasteiger partial charge in [-0.2, -0.15) is 5.10 Å². The zero-order valence-corrected chi connectivity index (χ0v) is 20.8. The van der Waals surface area contributed by atoms with Crippen LogP contribution in [0.5, 0.6) is 0 Å². The number of H-pyrrole nitrogens is 1. The Balaban J connectivity index is 0.000000426. The van der Waals surface area contributed by atoms with E-state index in [1.807, 2.05) is 46.8 Å². The molecule has 1 N–H and O–H groups in total. The van der Waals surface area contributed by atoms with Gasteiger partial charge in [-0.25, -0.2) is 4.39 Å². The van der Waals surface area contributed by atoms with Crippen molar-refractivity contribution in [1.29, 1.82) is 0 Å². The summed E-state index contributed by atoms with van der Waals surface area (Å²) in [7, 11) is 0. The van der Waals surface area contributed by atoms with Gasteiger partial charge in [-0.3, -0.25) is 5.10 Å². The predicted molar refractivity (Wildman–Crippen MR) is 140 cm³/mol. The van der Waals surface area contributed by atoms with E-state index in [9.17, 15) is 4.39 Å². The minimum Gasteiger partial charge on any atom is -0.278 e. The van der Waals surface area contributed by atoms with Gasteiger partial charge in [0.2, 0.25) is 0 Å². The number of allylic oxidation sites excluding steroid dienone is 3. The standard InChI is InChI=1S/C9H12N2.C9H12.C8H9F.C3H6/c1-4-5-7(2)9-6-10-11-8(9)3;1-3-9-6-4-5-8(2)7-9;1-6-3-4-8(9)5-7(6)2;1-3-2/h4-6,11H,3H2,1-2H3;4-7H,3H2,1-2H3;3-5H,1-2H3;3H,1H2,2H3/b5-4-,9-7-;;;. The van der Waals surface area contributed by atoms with Gasteiger partial charge >= 0.3 is 0 Å². The van der Waals surface area contributed by atoms with Crippen LogP contribution in [-0.4, -0.2) is 10.2 Å². The van der Waals surface area contributed by atoms with Gasteiger partial charge in [0.1, 0.15) is 5.82 Å². The number of nitrogens with zero attached hydrogens (tertiary/aromatic N) is 1. The fourth-order valence-electron chi connectivity index (χ4n) is 2.63. The Morgan fingerprint density at radius 1 is 1.06 bits per heavy atom. The van der Waals surface area contributed by atoms with E-state index in [0.717, 1.165) is 28.1 Å². The summed E-state index contributed by atoms with van der Waals surface area (Å²) >= 11 is 0. The Morgan fingerprint density at radius 2 is 1.72 bits per heavy atom. The summed E-state index contributed by atoms with van der Waals surface area (Å²) < 4.78 is 12.3. The van der Waals surface area contributed by atoms with Crippen molar-refractivity contribution < 1.29 is 4.39 Å². The number of halogens is 1. The summed E-state index contributed by atoms with van der Waals surface area (Å²) in [5.41, 5.74) is 6.11. The third-order valence-electron chi connectivity index (χ3n) is 4.52. The average molecular weight is 435 g/mol. The molecule has 0 radical (unpaired) electrons. The highest BCUT2D eigenvalue weighted by atomic mass is 19.1. The molecule has 0 atom stereocenters. The molecule has 0 spiro atoms. The smallest absolute Gasteiger partial charge is 0.123 e. The van der Waals surface area contributed by atoms with E-state index in [1.54, 1.807) is 18.3 Å². The molecule has 2 nitrogen and oxygen atoms in total. The monoisotopic (exact) mass is 434 g/mol. The molecule has 0 fully saturated rings. The van der Waals surface area contributed by atoms with E-state index in [2.05, 4.69) is 61.5 Å². The Bertz CT molecular complexity index is 1070. The summed E-state index contributed by atoms with van der Waals surface area (Å²) in [6.07, 6.45) is 8.72. The molecule has 0 saturated heterocycles. The van der Waals surface area contributed by atoms with Gasteiger partial charge in [0.25, 0.3) is 0 Å². The molecule has 2 aromatic carbocycles. The molecule has 0 unspecified atom stereocenters. The Hall–Kier alpha value is -3.20. The first-order valence-corrected chi connectivity index (χ1v) is 10.9. The molecule has 172 valence electrons. The highest BCUT2D eigenvalue weighted by molar-refractivity contribution is 5.53. The number of aromatic nitrogens is 2. The summed E-state index contributed by atoms with van der Waals surface area (Å²) in [6.45, 7) is 21.3. The van der Waals surface area contributed by atoms with Gasteiger partial charge in [-0.05, 0) is 82.4 Å². The second-order valence-corrected chi connectivity index (χ2v) is 7.42. The first kappa shape index (κ1) is 28.8. The Kier molecular flexibility index (Phi) is 14.8. The summed E-state index contributed by atoms with van der Waals surface area (Å²) in [5.74, 6) is -0.155. The molecule has 3 rings (SSSR count). The van der Waals surface area contributed by atoms with Gasteiger partial charge in [0, 0.05) is 5.22 Å². The fraction of sp³-hybridized carbons (Fsp3) is 0.276. The lowest BCUT2D eigenvalue weighted by molar-refractivity contribution is 0.626. The van der Waals surface area contributed by atoms with Gasteiger partial charge in [0.15, 0.2) is 0 Å². The minimum atomic E-state index is -0.155. The lowest BCUT2D eigenvalue weighted by Gasteiger charge is -1.96. The van der Waals surface area contributed by atoms with E-state index in [0.29, 0.717) is 0 Å². The van der Waals surface area contributed by atoms with Crippen LogP contribution in [-0.2, 0) is 6.42 Å². The lowest BCUT2D eigenvalue weighted by Crippen LogP contribution is -2.21. The molecule has 0 aliphatic rings. The van der Waals surface area contributed by atoms with Crippen molar-refractivity contribution in [1.82, 2.24) is 10.2 Å². The number of benzene rings is 2.